The molecule has 1 aromatic carbocycles. The lowest BCUT2D eigenvalue weighted by molar-refractivity contribution is -0.127. The monoisotopic (exact) mass is 386 g/mol. The zero-order chi connectivity index (χ0) is 20.0. The van der Waals surface area contributed by atoms with Gasteiger partial charge in [0.1, 0.15) is 0 Å². The number of benzene rings is 1. The Bertz CT molecular complexity index is 656. The second kappa shape index (κ2) is 9.91. The predicted molar refractivity (Wildman–Crippen MR) is 113 cm³/mol. The molecule has 2 fully saturated rings. The highest BCUT2D eigenvalue weighted by Crippen LogP contribution is 2.49. The van der Waals surface area contributed by atoms with Crippen molar-refractivity contribution in [3.63, 3.8) is 0 Å². The molecule has 2 heteroatoms. The Hall–Kier alpha value is -1.36. The van der Waals surface area contributed by atoms with E-state index in [9.17, 15) is 8.78 Å². The summed E-state index contributed by atoms with van der Waals surface area (Å²) in [7, 11) is 0. The van der Waals surface area contributed by atoms with Crippen LogP contribution < -0.4 is 0 Å². The largest absolute Gasteiger partial charge is 0.251 e. The second-order valence-electron chi connectivity index (χ2n) is 9.13. The van der Waals surface area contributed by atoms with Crippen molar-refractivity contribution in [2.45, 2.75) is 90.4 Å². The first kappa shape index (κ1) is 21.4. The van der Waals surface area contributed by atoms with Crippen LogP contribution in [-0.2, 0) is 6.42 Å². The first-order valence-electron chi connectivity index (χ1n) is 11.5. The molecule has 0 saturated heterocycles. The van der Waals surface area contributed by atoms with Gasteiger partial charge in [-0.25, -0.2) is 8.78 Å². The van der Waals surface area contributed by atoms with E-state index >= 15 is 0 Å². The fourth-order valence-corrected chi connectivity index (χ4v) is 5.39. The second-order valence-corrected chi connectivity index (χ2v) is 9.13. The van der Waals surface area contributed by atoms with Crippen LogP contribution in [0.5, 0.6) is 0 Å². The predicted octanol–water partition coefficient (Wildman–Crippen LogP) is 7.65. The van der Waals surface area contributed by atoms with E-state index in [1.54, 1.807) is 0 Å². The van der Waals surface area contributed by atoms with Crippen molar-refractivity contribution in [1.82, 2.24) is 0 Å². The highest BCUT2D eigenvalue weighted by molar-refractivity contribution is 5.36. The fourth-order valence-electron chi connectivity index (χ4n) is 5.39. The molecule has 2 aliphatic carbocycles. The topological polar surface area (TPSA) is 0 Å². The van der Waals surface area contributed by atoms with Crippen molar-refractivity contribution in [1.29, 1.82) is 0 Å². The van der Waals surface area contributed by atoms with E-state index in [4.69, 9.17) is 0 Å². The molecule has 0 N–H and O–H groups in total. The standard InChI is InChI=1S/C26H36F2/c1-3-5-20-7-9-21(10-8-20)11-12-22-13-16-24(17-14-22)25-18-15-23(6-4-2)19-26(25,27)28/h7-10,22-25H,3-6,13-19H2,1-2H3. The van der Waals surface area contributed by atoms with Gasteiger partial charge in [-0.2, -0.15) is 0 Å². The van der Waals surface area contributed by atoms with Crippen LogP contribution in [0.4, 0.5) is 8.78 Å². The molecule has 2 unspecified atom stereocenters. The molecule has 0 radical (unpaired) electrons. The van der Waals surface area contributed by atoms with E-state index in [2.05, 4.69) is 50.0 Å². The van der Waals surface area contributed by atoms with E-state index in [0.29, 0.717) is 5.92 Å². The van der Waals surface area contributed by atoms with Gasteiger partial charge in [-0.05, 0) is 74.5 Å². The van der Waals surface area contributed by atoms with Gasteiger partial charge >= 0.3 is 0 Å². The van der Waals surface area contributed by atoms with Gasteiger partial charge in [0.2, 0.25) is 0 Å². The Kier molecular flexibility index (Phi) is 7.55. The molecular formula is C26H36F2. The number of halogens is 2. The molecule has 0 heterocycles. The van der Waals surface area contributed by atoms with Crippen LogP contribution >= 0.6 is 0 Å². The molecule has 0 aromatic heterocycles. The highest BCUT2D eigenvalue weighted by Gasteiger charge is 2.48. The summed E-state index contributed by atoms with van der Waals surface area (Å²) in [4.78, 5) is 0. The molecule has 2 aliphatic rings. The van der Waals surface area contributed by atoms with Crippen molar-refractivity contribution in [3.8, 4) is 11.8 Å². The first-order valence-corrected chi connectivity index (χ1v) is 11.5. The third-order valence-electron chi connectivity index (χ3n) is 6.94. The molecule has 0 amide bonds. The number of hydrogen-bond donors (Lipinski definition) is 0. The van der Waals surface area contributed by atoms with Crippen LogP contribution in [0, 0.1) is 35.5 Å². The Morgan fingerprint density at radius 3 is 2.25 bits per heavy atom. The van der Waals surface area contributed by atoms with Crippen molar-refractivity contribution in [3.05, 3.63) is 35.4 Å². The summed E-state index contributed by atoms with van der Waals surface area (Å²) >= 11 is 0. The van der Waals surface area contributed by atoms with Crippen molar-refractivity contribution in [2.75, 3.05) is 0 Å². The van der Waals surface area contributed by atoms with E-state index < -0.39 is 5.92 Å². The highest BCUT2D eigenvalue weighted by atomic mass is 19.3. The van der Waals surface area contributed by atoms with Crippen LogP contribution in [0.3, 0.4) is 0 Å². The van der Waals surface area contributed by atoms with Crippen molar-refractivity contribution in [2.24, 2.45) is 23.7 Å². The molecule has 0 spiro atoms. The van der Waals surface area contributed by atoms with E-state index in [1.165, 1.54) is 5.56 Å². The Balaban J connectivity index is 1.51. The molecule has 1 aromatic rings. The molecule has 154 valence electrons. The first-order chi connectivity index (χ1) is 13.5. The van der Waals surface area contributed by atoms with Gasteiger partial charge in [0, 0.05) is 23.8 Å². The van der Waals surface area contributed by atoms with Crippen LogP contribution in [-0.4, -0.2) is 5.92 Å². The normalized spacial score (nSPS) is 29.7. The van der Waals surface area contributed by atoms with Crippen molar-refractivity contribution >= 4 is 0 Å². The lowest BCUT2D eigenvalue weighted by Crippen LogP contribution is -2.41. The minimum absolute atomic E-state index is 0.124. The number of alkyl halides is 2. The van der Waals surface area contributed by atoms with E-state index in [1.807, 2.05) is 0 Å². The number of rotatable bonds is 5. The summed E-state index contributed by atoms with van der Waals surface area (Å²) in [5, 5.41) is 0. The summed E-state index contributed by atoms with van der Waals surface area (Å²) < 4.78 is 29.5. The van der Waals surface area contributed by atoms with Gasteiger partial charge in [-0.3, -0.25) is 0 Å². The minimum Gasteiger partial charge on any atom is -0.207 e. The minimum atomic E-state index is -2.46. The molecule has 0 aliphatic heterocycles. The van der Waals surface area contributed by atoms with Gasteiger partial charge in [-0.15, -0.1) is 0 Å². The van der Waals surface area contributed by atoms with Crippen LogP contribution in [0.15, 0.2) is 24.3 Å². The number of aryl methyl sites for hydroxylation is 1. The molecule has 0 bridgehead atoms. The molecule has 2 atom stereocenters. The molecule has 0 nitrogen and oxygen atoms in total. The van der Waals surface area contributed by atoms with Gasteiger partial charge in [0.25, 0.3) is 5.92 Å². The quantitative estimate of drug-likeness (QED) is 0.456. The van der Waals surface area contributed by atoms with Crippen LogP contribution in [0.1, 0.15) is 89.2 Å². The van der Waals surface area contributed by atoms with Gasteiger partial charge in [-0.1, -0.05) is 57.1 Å². The lowest BCUT2D eigenvalue weighted by Gasteiger charge is -2.42. The van der Waals surface area contributed by atoms with Gasteiger partial charge < -0.3 is 0 Å². The maximum absolute atomic E-state index is 14.8. The van der Waals surface area contributed by atoms with Crippen molar-refractivity contribution < 1.29 is 8.78 Å². The van der Waals surface area contributed by atoms with Crippen LogP contribution in [0.2, 0.25) is 0 Å². The maximum atomic E-state index is 14.8. The average Bonchev–Trinajstić information content (AvgIpc) is 2.68. The average molecular weight is 387 g/mol. The van der Waals surface area contributed by atoms with Gasteiger partial charge in [0.15, 0.2) is 0 Å². The number of hydrogen-bond acceptors (Lipinski definition) is 0. The fraction of sp³-hybridized carbons (Fsp3) is 0.692. The summed E-state index contributed by atoms with van der Waals surface area (Å²) in [6, 6.07) is 8.56. The zero-order valence-electron chi connectivity index (χ0n) is 17.7. The zero-order valence-corrected chi connectivity index (χ0v) is 17.7. The third kappa shape index (κ3) is 5.59. The summed E-state index contributed by atoms with van der Waals surface area (Å²) in [5.41, 5.74) is 2.44. The molecule has 3 rings (SSSR count). The van der Waals surface area contributed by atoms with E-state index in [0.717, 1.165) is 69.8 Å². The SMILES string of the molecule is CCCc1ccc(C#CC2CCC(C3CCC(CCC)CC3(F)F)CC2)cc1. The molecule has 28 heavy (non-hydrogen) atoms. The Labute approximate surface area is 170 Å². The summed E-state index contributed by atoms with van der Waals surface area (Å²) in [6.07, 6.45) is 9.93. The summed E-state index contributed by atoms with van der Waals surface area (Å²) in [5.74, 6) is 4.70. The summed E-state index contributed by atoms with van der Waals surface area (Å²) in [6.45, 7) is 4.29. The van der Waals surface area contributed by atoms with Gasteiger partial charge in [0.05, 0.1) is 0 Å². The lowest BCUT2D eigenvalue weighted by atomic mass is 9.67. The Morgan fingerprint density at radius 1 is 0.929 bits per heavy atom. The third-order valence-corrected chi connectivity index (χ3v) is 6.94. The molecule has 2 saturated carbocycles. The van der Waals surface area contributed by atoms with Crippen LogP contribution in [0.25, 0.3) is 0 Å². The maximum Gasteiger partial charge on any atom is 0.251 e. The van der Waals surface area contributed by atoms with E-state index in [-0.39, 0.29) is 24.2 Å². The smallest absolute Gasteiger partial charge is 0.207 e. The Morgan fingerprint density at radius 2 is 1.64 bits per heavy atom. The molecular weight excluding hydrogens is 350 g/mol.